The van der Waals surface area contributed by atoms with Crippen LogP contribution in [0, 0.1) is 13.8 Å². The number of hydrogen-bond acceptors (Lipinski definition) is 0. The van der Waals surface area contributed by atoms with Gasteiger partial charge in [-0.05, 0) is 144 Å². The van der Waals surface area contributed by atoms with Gasteiger partial charge in [0.1, 0.15) is 0 Å². The minimum Gasteiger partial charge on any atom is -0.310 e. The molecule has 13 rings (SSSR count). The van der Waals surface area contributed by atoms with Crippen LogP contribution >= 0.6 is 0 Å². The summed E-state index contributed by atoms with van der Waals surface area (Å²) in [5, 5.41) is 6.54. The zero-order valence-electron chi connectivity index (χ0n) is 39.7. The monoisotopic (exact) mass is 860 g/mol. The van der Waals surface area contributed by atoms with Crippen LogP contribution < -0.4 is 16.4 Å². The van der Waals surface area contributed by atoms with Gasteiger partial charge in [-0.2, -0.15) is 0 Å². The molecule has 2 aliphatic heterocycles. The number of benzene rings is 9. The molecular weight excluding hydrogens is 808 g/mol. The number of aryl methyl sites for hydroxylation is 2. The molecule has 0 fully saturated rings. The molecule has 9 aromatic carbocycles. The van der Waals surface area contributed by atoms with Crippen LogP contribution in [-0.4, -0.2) is 15.8 Å². The van der Waals surface area contributed by atoms with E-state index < -0.39 is 0 Å². The fourth-order valence-electron chi connectivity index (χ4n) is 12.0. The molecule has 4 heterocycles. The van der Waals surface area contributed by atoms with Crippen LogP contribution in [0.3, 0.4) is 0 Å². The largest absolute Gasteiger partial charge is 0.310 e. The normalized spacial score (nSPS) is 13.0. The summed E-state index contributed by atoms with van der Waals surface area (Å²) >= 11 is 0. The first-order valence-electron chi connectivity index (χ1n) is 24.0. The van der Waals surface area contributed by atoms with Crippen molar-refractivity contribution in [2.45, 2.75) is 66.2 Å². The van der Waals surface area contributed by atoms with Crippen LogP contribution in [0.15, 0.2) is 176 Å². The van der Waals surface area contributed by atoms with E-state index in [0.717, 1.165) is 0 Å². The van der Waals surface area contributed by atoms with Crippen molar-refractivity contribution in [3.8, 4) is 56.0 Å². The van der Waals surface area contributed by atoms with Crippen LogP contribution in [0.2, 0.25) is 0 Å². The molecule has 0 radical (unpaired) electrons. The lowest BCUT2D eigenvalue weighted by molar-refractivity contribution is 0.590. The van der Waals surface area contributed by atoms with Gasteiger partial charge in [0.05, 0.1) is 16.7 Å². The molecule has 3 heteroatoms. The van der Waals surface area contributed by atoms with Gasteiger partial charge in [0, 0.05) is 38.6 Å². The van der Waals surface area contributed by atoms with Crippen molar-refractivity contribution in [2.75, 3.05) is 0 Å². The third kappa shape index (κ3) is 5.77. The van der Waals surface area contributed by atoms with Crippen molar-refractivity contribution in [2.24, 2.45) is 0 Å². The smallest absolute Gasteiger partial charge is 0.253 e. The first-order chi connectivity index (χ1) is 32.3. The van der Waals surface area contributed by atoms with Gasteiger partial charge in [0.25, 0.3) is 6.71 Å². The second kappa shape index (κ2) is 14.1. The Kier molecular flexibility index (Phi) is 8.40. The van der Waals surface area contributed by atoms with E-state index in [9.17, 15) is 0 Å². The van der Waals surface area contributed by atoms with Gasteiger partial charge in [0.15, 0.2) is 0 Å². The number of rotatable bonds is 4. The van der Waals surface area contributed by atoms with Crippen molar-refractivity contribution in [1.29, 1.82) is 0 Å². The van der Waals surface area contributed by atoms with Crippen LogP contribution in [0.25, 0.3) is 99.5 Å². The fraction of sp³-hybridized carbons (Fsp3) is 0.156. The van der Waals surface area contributed by atoms with Crippen molar-refractivity contribution in [3.63, 3.8) is 0 Å². The molecule has 0 spiro atoms. The van der Waals surface area contributed by atoms with E-state index in [0.29, 0.717) is 0 Å². The zero-order chi connectivity index (χ0) is 45.7. The van der Waals surface area contributed by atoms with E-state index in [1.807, 2.05) is 0 Å². The van der Waals surface area contributed by atoms with E-state index in [-0.39, 0.29) is 17.5 Å². The summed E-state index contributed by atoms with van der Waals surface area (Å²) in [4.78, 5) is 0. The molecule has 0 amide bonds. The topological polar surface area (TPSA) is 9.86 Å². The van der Waals surface area contributed by atoms with Gasteiger partial charge < -0.3 is 9.13 Å². The van der Waals surface area contributed by atoms with E-state index >= 15 is 0 Å². The maximum absolute atomic E-state index is 2.68. The van der Waals surface area contributed by atoms with Crippen LogP contribution in [0.1, 0.15) is 63.8 Å². The molecule has 11 aromatic rings. The highest BCUT2D eigenvalue weighted by atomic mass is 15.0. The van der Waals surface area contributed by atoms with Crippen LogP contribution in [0.4, 0.5) is 0 Å². The van der Waals surface area contributed by atoms with E-state index in [1.54, 1.807) is 0 Å². The van der Waals surface area contributed by atoms with Crippen molar-refractivity contribution >= 4 is 66.6 Å². The van der Waals surface area contributed by atoms with Crippen LogP contribution in [-0.2, 0) is 10.8 Å². The second-order valence-electron chi connectivity index (χ2n) is 21.4. The Bertz CT molecular complexity index is 3850. The molecule has 2 aliphatic rings. The summed E-state index contributed by atoms with van der Waals surface area (Å²) < 4.78 is 5.33. The minimum atomic E-state index is -0.0688. The average molecular weight is 861 g/mol. The van der Waals surface area contributed by atoms with Gasteiger partial charge in [-0.3, -0.25) is 0 Å². The maximum atomic E-state index is 2.68. The predicted octanol–water partition coefficient (Wildman–Crippen LogP) is 14.9. The quantitative estimate of drug-likeness (QED) is 0.156. The van der Waals surface area contributed by atoms with E-state index in [4.69, 9.17) is 0 Å². The number of fused-ring (bicyclic) bond motifs is 9. The van der Waals surface area contributed by atoms with Gasteiger partial charge in [-0.1, -0.05) is 181 Å². The Labute approximate surface area is 394 Å². The van der Waals surface area contributed by atoms with Crippen molar-refractivity contribution in [3.05, 3.63) is 198 Å². The second-order valence-corrected chi connectivity index (χ2v) is 21.4. The Morgan fingerprint density at radius 1 is 0.388 bits per heavy atom. The summed E-state index contributed by atoms with van der Waals surface area (Å²) in [7, 11) is 0. The Morgan fingerprint density at radius 2 is 0.985 bits per heavy atom. The number of nitrogens with zero attached hydrogens (tertiary/aromatic N) is 2. The highest BCUT2D eigenvalue weighted by Gasteiger charge is 2.44. The van der Waals surface area contributed by atoms with Crippen molar-refractivity contribution in [1.82, 2.24) is 9.13 Å². The standard InChI is InChI=1S/C64H53BN2/c1-38-18-17-19-39(2)56(38)42-28-26-40(27-29-42)45-33-54-59-55(34-45)67-60(43-22-13-10-14-23-43)57(41-20-11-9-12-21-41)51-32-44-24-15-16-25-48(44)58(62(51)67)65(59)52-37-47(64(6,7)8)36-50-49-35-46(63(3,4)5)30-31-53(49)66(54)61(50)52/h9-37H,1-8H3. The lowest BCUT2D eigenvalue weighted by Gasteiger charge is -2.36. The third-order valence-corrected chi connectivity index (χ3v) is 15.2. The third-order valence-electron chi connectivity index (χ3n) is 15.2. The van der Waals surface area contributed by atoms with E-state index in [2.05, 4.69) is 240 Å². The summed E-state index contributed by atoms with van der Waals surface area (Å²) in [6.45, 7) is 18.6. The average Bonchev–Trinajstić information content (AvgIpc) is 3.85. The summed E-state index contributed by atoms with van der Waals surface area (Å²) in [5.74, 6) is 0. The molecule has 0 atom stereocenters. The number of hydrogen-bond donors (Lipinski definition) is 0. The summed E-state index contributed by atoms with van der Waals surface area (Å²) in [6, 6.07) is 67.3. The molecule has 0 saturated carbocycles. The first-order valence-corrected chi connectivity index (χ1v) is 24.0. The first kappa shape index (κ1) is 40.0. The van der Waals surface area contributed by atoms with E-state index in [1.165, 1.54) is 138 Å². The molecule has 0 N–H and O–H groups in total. The lowest BCUT2D eigenvalue weighted by Crippen LogP contribution is -2.60. The molecule has 322 valence electrons. The van der Waals surface area contributed by atoms with Crippen molar-refractivity contribution < 1.29 is 0 Å². The van der Waals surface area contributed by atoms with Crippen LogP contribution in [0.5, 0.6) is 0 Å². The molecule has 0 aliphatic carbocycles. The molecule has 2 nitrogen and oxygen atoms in total. The molecular formula is C64H53BN2. The summed E-state index contributed by atoms with van der Waals surface area (Å²) in [5.41, 5.74) is 25.7. The SMILES string of the molecule is Cc1cccc(C)c1-c1ccc(-c2cc3c4c(c2)-n2c5ccc(C(C)(C)C)cc5c5cc(C(C)(C)C)cc(c52)B4c2c4ccccc4cc4c(-c5ccccc5)c(-c5ccccc5)n-3c24)cc1. The number of aromatic nitrogens is 2. The highest BCUT2D eigenvalue weighted by molar-refractivity contribution is 7.01. The molecule has 0 bridgehead atoms. The zero-order valence-corrected chi connectivity index (χ0v) is 39.7. The minimum absolute atomic E-state index is 0.00233. The molecule has 0 saturated heterocycles. The Morgan fingerprint density at radius 3 is 1.67 bits per heavy atom. The summed E-state index contributed by atoms with van der Waals surface area (Å²) in [6.07, 6.45) is 0. The Hall–Kier alpha value is -7.36. The van der Waals surface area contributed by atoms with Gasteiger partial charge in [-0.25, -0.2) is 0 Å². The van der Waals surface area contributed by atoms with Gasteiger partial charge in [-0.15, -0.1) is 0 Å². The lowest BCUT2D eigenvalue weighted by atomic mass is 9.33. The fourth-order valence-corrected chi connectivity index (χ4v) is 12.0. The molecule has 0 unspecified atom stereocenters. The van der Waals surface area contributed by atoms with Gasteiger partial charge in [0.2, 0.25) is 0 Å². The maximum Gasteiger partial charge on any atom is 0.253 e. The molecule has 67 heavy (non-hydrogen) atoms. The highest BCUT2D eigenvalue weighted by Crippen LogP contribution is 2.48. The Balaban J connectivity index is 1.24. The molecule has 2 aromatic heterocycles. The van der Waals surface area contributed by atoms with Gasteiger partial charge >= 0.3 is 0 Å². The predicted molar refractivity (Wildman–Crippen MR) is 288 cm³/mol.